The number of fused-ring (bicyclic) bond motifs is 1. The number of benzene rings is 1. The van der Waals surface area contributed by atoms with Crippen molar-refractivity contribution in [3.8, 4) is 5.69 Å². The number of aryl methyl sites for hydroxylation is 2. The summed E-state index contributed by atoms with van der Waals surface area (Å²) in [5, 5.41) is 1.25. The molecule has 1 saturated heterocycles. The molecular weight excluding hydrogens is 502 g/mol. The van der Waals surface area contributed by atoms with Gasteiger partial charge in [-0.15, -0.1) is 0 Å². The van der Waals surface area contributed by atoms with Gasteiger partial charge in [0.05, 0.1) is 5.69 Å². The molecule has 0 amide bonds. The van der Waals surface area contributed by atoms with Crippen LogP contribution in [0.4, 0.5) is 5.69 Å². The maximum atomic E-state index is 5.91. The summed E-state index contributed by atoms with van der Waals surface area (Å²) in [4.78, 5) is 7.49. The molecule has 1 fully saturated rings. The minimum absolute atomic E-state index is 0.471. The summed E-state index contributed by atoms with van der Waals surface area (Å²) in [5.74, 6) is 1.12. The van der Waals surface area contributed by atoms with Gasteiger partial charge in [0.2, 0.25) is 0 Å². The lowest BCUT2D eigenvalue weighted by Gasteiger charge is -2.34. The van der Waals surface area contributed by atoms with Crippen molar-refractivity contribution >= 4 is 48.6 Å². The van der Waals surface area contributed by atoms with Crippen LogP contribution in [0.2, 0.25) is 0 Å². The molecular formula is C25H29Br2N3. The van der Waals surface area contributed by atoms with Gasteiger partial charge in [-0.05, 0) is 113 Å². The van der Waals surface area contributed by atoms with Crippen molar-refractivity contribution in [2.45, 2.75) is 52.9 Å². The summed E-state index contributed by atoms with van der Waals surface area (Å²) in [6.07, 6.45) is 5.33. The molecule has 0 unspecified atom stereocenters. The second kappa shape index (κ2) is 8.66. The van der Waals surface area contributed by atoms with Gasteiger partial charge in [-0.1, -0.05) is 13.8 Å². The minimum atomic E-state index is 0.471. The van der Waals surface area contributed by atoms with Crippen molar-refractivity contribution in [1.29, 1.82) is 0 Å². The quantitative estimate of drug-likeness (QED) is 0.346. The Labute approximate surface area is 197 Å². The van der Waals surface area contributed by atoms with E-state index in [1.807, 2.05) is 0 Å². The molecule has 3 heterocycles. The van der Waals surface area contributed by atoms with Crippen LogP contribution in [0.1, 0.15) is 55.8 Å². The van der Waals surface area contributed by atoms with E-state index in [4.69, 9.17) is 11.9 Å². The fourth-order valence-electron chi connectivity index (χ4n) is 4.49. The number of aromatic nitrogens is 2. The zero-order valence-electron chi connectivity index (χ0n) is 18.2. The van der Waals surface area contributed by atoms with Crippen LogP contribution in [0.15, 0.2) is 33.3 Å². The Kier molecular flexibility index (Phi) is 6.32. The van der Waals surface area contributed by atoms with Crippen LogP contribution >= 0.6 is 31.9 Å². The first-order chi connectivity index (χ1) is 14.3. The number of hydrogen-bond donors (Lipinski definition) is 0. The number of halogens is 2. The molecule has 2 radical (unpaired) electrons. The van der Waals surface area contributed by atoms with Gasteiger partial charge in [0, 0.05) is 45.0 Å². The van der Waals surface area contributed by atoms with Gasteiger partial charge >= 0.3 is 0 Å². The lowest BCUT2D eigenvalue weighted by molar-refractivity contribution is 0.409. The van der Waals surface area contributed by atoms with Crippen molar-refractivity contribution in [1.82, 2.24) is 9.55 Å². The molecule has 1 aliphatic rings. The van der Waals surface area contributed by atoms with E-state index in [1.165, 1.54) is 22.2 Å². The summed E-state index contributed by atoms with van der Waals surface area (Å²) in [7, 11) is 0. The Bertz CT molecular complexity index is 1050. The highest BCUT2D eigenvalue weighted by atomic mass is 79.9. The summed E-state index contributed by atoms with van der Waals surface area (Å²) in [6.45, 7) is 16.7. The van der Waals surface area contributed by atoms with E-state index in [1.54, 1.807) is 0 Å². The van der Waals surface area contributed by atoms with E-state index in [2.05, 4.69) is 93.4 Å². The van der Waals surface area contributed by atoms with Gasteiger partial charge in [0.25, 0.3) is 0 Å². The molecule has 4 rings (SSSR count). The molecule has 3 aromatic rings. The normalized spacial score (nSPS) is 15.5. The molecule has 1 aromatic carbocycles. The number of anilines is 1. The number of nitrogens with zero attached hydrogens (tertiary/aromatic N) is 3. The second-order valence-corrected chi connectivity index (χ2v) is 10.5. The molecule has 0 aliphatic carbocycles. The zero-order chi connectivity index (χ0) is 21.6. The molecule has 3 nitrogen and oxygen atoms in total. The van der Waals surface area contributed by atoms with Crippen LogP contribution in [-0.2, 0) is 0 Å². The van der Waals surface area contributed by atoms with Crippen molar-refractivity contribution < 1.29 is 0 Å². The molecule has 30 heavy (non-hydrogen) atoms. The smallest absolute Gasteiger partial charge is 0.147 e. The topological polar surface area (TPSA) is 21.1 Å². The van der Waals surface area contributed by atoms with Gasteiger partial charge in [-0.2, -0.15) is 0 Å². The Morgan fingerprint density at radius 2 is 1.73 bits per heavy atom. The number of hydrogen-bond acceptors (Lipinski definition) is 2. The molecule has 1 aliphatic heterocycles. The predicted octanol–water partition coefficient (Wildman–Crippen LogP) is 7.61. The standard InChI is InChI=1S/C25H29Br2N3/c1-6-18-7-9-29(10-8-18)22-11-17(5)28-25-23(22)16(4)14-30(25)24-20(26)12-19(15(2)3)13-21(24)27/h1,11-15,18H,6-10H2,2-5H3. The second-order valence-electron chi connectivity index (χ2n) is 8.82. The fraction of sp³-hybridized carbons (Fsp3) is 0.440. The first-order valence-electron chi connectivity index (χ1n) is 10.7. The monoisotopic (exact) mass is 529 g/mol. The average Bonchev–Trinajstić information content (AvgIpc) is 3.02. The van der Waals surface area contributed by atoms with Crippen molar-refractivity contribution in [3.63, 3.8) is 0 Å². The molecule has 0 bridgehead atoms. The first kappa shape index (κ1) is 21.9. The molecule has 158 valence electrons. The van der Waals surface area contributed by atoms with E-state index in [0.29, 0.717) is 11.8 Å². The molecule has 0 atom stereocenters. The molecule has 0 N–H and O–H groups in total. The highest BCUT2D eigenvalue weighted by molar-refractivity contribution is 9.11. The maximum absolute atomic E-state index is 5.91. The van der Waals surface area contributed by atoms with Crippen molar-refractivity contribution in [2.24, 2.45) is 5.92 Å². The molecule has 0 saturated carbocycles. The summed E-state index contributed by atoms with van der Waals surface area (Å²) < 4.78 is 4.38. The van der Waals surface area contributed by atoms with Crippen molar-refractivity contribution in [3.05, 3.63) is 57.1 Å². The van der Waals surface area contributed by atoms with Gasteiger partial charge in [-0.25, -0.2) is 4.98 Å². The summed E-state index contributed by atoms with van der Waals surface area (Å²) >= 11 is 7.65. The van der Waals surface area contributed by atoms with Crippen LogP contribution < -0.4 is 4.90 Å². The SMILES string of the molecule is [CH]CC1CCN(c2cc(C)nc3c2c(C)cn3-c2c(Br)cc(C(C)C)cc2Br)CC1. The lowest BCUT2D eigenvalue weighted by Crippen LogP contribution is -2.33. The Morgan fingerprint density at radius 1 is 1.10 bits per heavy atom. The van der Waals surface area contributed by atoms with E-state index in [-0.39, 0.29) is 0 Å². The van der Waals surface area contributed by atoms with E-state index in [0.717, 1.165) is 58.3 Å². The van der Waals surface area contributed by atoms with E-state index in [9.17, 15) is 0 Å². The van der Waals surface area contributed by atoms with Gasteiger partial charge in [-0.3, -0.25) is 4.57 Å². The van der Waals surface area contributed by atoms with Gasteiger partial charge in [0.1, 0.15) is 5.65 Å². The minimum Gasteiger partial charge on any atom is -0.371 e. The first-order valence-corrected chi connectivity index (χ1v) is 12.3. The van der Waals surface area contributed by atoms with Gasteiger partial charge in [0.15, 0.2) is 0 Å². The van der Waals surface area contributed by atoms with Crippen LogP contribution in [0.5, 0.6) is 0 Å². The summed E-state index contributed by atoms with van der Waals surface area (Å²) in [5.41, 5.74) is 7.02. The molecule has 2 aromatic heterocycles. The van der Waals surface area contributed by atoms with E-state index >= 15 is 0 Å². The van der Waals surface area contributed by atoms with E-state index < -0.39 is 0 Å². The Hall–Kier alpha value is -1.33. The third-order valence-corrected chi connectivity index (χ3v) is 7.50. The highest BCUT2D eigenvalue weighted by Gasteiger charge is 2.23. The van der Waals surface area contributed by atoms with Gasteiger partial charge < -0.3 is 4.90 Å². The Morgan fingerprint density at radius 3 is 2.30 bits per heavy atom. The largest absolute Gasteiger partial charge is 0.371 e. The Balaban J connectivity index is 1.86. The maximum Gasteiger partial charge on any atom is 0.147 e. The number of pyridine rings is 1. The third-order valence-electron chi connectivity index (χ3n) is 6.29. The predicted molar refractivity (Wildman–Crippen MR) is 134 cm³/mol. The zero-order valence-corrected chi connectivity index (χ0v) is 21.3. The highest BCUT2D eigenvalue weighted by Crippen LogP contribution is 2.39. The van der Waals surface area contributed by atoms with Crippen LogP contribution in [0.25, 0.3) is 16.7 Å². The summed E-state index contributed by atoms with van der Waals surface area (Å²) in [6, 6.07) is 6.69. The molecule has 0 spiro atoms. The number of rotatable bonds is 4. The van der Waals surface area contributed by atoms with Crippen molar-refractivity contribution in [2.75, 3.05) is 18.0 Å². The van der Waals surface area contributed by atoms with Crippen LogP contribution in [0, 0.1) is 26.7 Å². The van der Waals surface area contributed by atoms with Crippen LogP contribution in [0.3, 0.4) is 0 Å². The van der Waals surface area contributed by atoms with Crippen LogP contribution in [-0.4, -0.2) is 22.6 Å². The fourth-order valence-corrected chi connectivity index (χ4v) is 6.09. The third kappa shape index (κ3) is 3.95. The average molecular weight is 531 g/mol. The molecule has 5 heteroatoms. The number of piperidine rings is 1. The lowest BCUT2D eigenvalue weighted by atomic mass is 9.94.